The lowest BCUT2D eigenvalue weighted by Crippen LogP contribution is -1.87. The molecule has 4 N–H and O–H groups in total. The summed E-state index contributed by atoms with van der Waals surface area (Å²) in [5.41, 5.74) is 10.8. The van der Waals surface area contributed by atoms with Crippen LogP contribution >= 0.6 is 0 Å². The van der Waals surface area contributed by atoms with Gasteiger partial charge in [0.15, 0.2) is 0 Å². The van der Waals surface area contributed by atoms with Crippen molar-refractivity contribution in [1.82, 2.24) is 15.0 Å². The molecule has 3 heterocycles. The average molecular weight is 326 g/mol. The average Bonchev–Trinajstić information content (AvgIpc) is 3.10. The number of nitrogens with two attached hydrogens (primary N) is 1. The molecule has 5 nitrogen and oxygen atoms in total. The summed E-state index contributed by atoms with van der Waals surface area (Å²) in [5.74, 6) is 0.0872. The van der Waals surface area contributed by atoms with E-state index in [1.807, 2.05) is 24.3 Å². The lowest BCUT2D eigenvalue weighted by molar-refractivity contribution is 0.478. The van der Waals surface area contributed by atoms with Gasteiger partial charge in [-0.2, -0.15) is 0 Å². The van der Waals surface area contributed by atoms with E-state index >= 15 is 0 Å². The Hall–Kier alpha value is -3.60. The zero-order valence-corrected chi connectivity index (χ0v) is 13.2. The molecule has 0 unspecified atom stereocenters. The Bertz CT molecular complexity index is 1200. The molecule has 120 valence electrons. The van der Waals surface area contributed by atoms with Crippen LogP contribution in [0.5, 0.6) is 5.75 Å². The number of nitrogens with zero attached hydrogens (tertiary/aromatic N) is 2. The molecule has 0 atom stereocenters. The number of rotatable bonds is 1. The van der Waals surface area contributed by atoms with Crippen molar-refractivity contribution in [2.45, 2.75) is 0 Å². The van der Waals surface area contributed by atoms with E-state index in [0.29, 0.717) is 5.69 Å². The van der Waals surface area contributed by atoms with Gasteiger partial charge >= 0.3 is 0 Å². The van der Waals surface area contributed by atoms with Gasteiger partial charge in [-0.05, 0) is 42.5 Å². The zero-order valence-electron chi connectivity index (χ0n) is 13.2. The predicted octanol–water partition coefficient (Wildman–Crippen LogP) is 4.22. The number of hydrogen-bond donors (Lipinski definition) is 3. The van der Waals surface area contributed by atoms with Gasteiger partial charge in [-0.1, -0.05) is 6.07 Å². The first kappa shape index (κ1) is 13.8. The molecule has 0 fully saturated rings. The van der Waals surface area contributed by atoms with E-state index < -0.39 is 0 Å². The van der Waals surface area contributed by atoms with Crippen LogP contribution in [-0.2, 0) is 0 Å². The number of fused-ring (bicyclic) bond motifs is 6. The maximum Gasteiger partial charge on any atom is 0.138 e. The van der Waals surface area contributed by atoms with Crippen LogP contribution in [0, 0.1) is 0 Å². The zero-order chi connectivity index (χ0) is 17.0. The molecule has 0 amide bonds. The highest BCUT2D eigenvalue weighted by Crippen LogP contribution is 2.36. The van der Waals surface area contributed by atoms with E-state index in [2.05, 4.69) is 27.1 Å². The summed E-state index contributed by atoms with van der Waals surface area (Å²) in [4.78, 5) is 12.6. The lowest BCUT2D eigenvalue weighted by Gasteiger charge is -2.04. The highest BCUT2D eigenvalue weighted by atomic mass is 16.3. The smallest absolute Gasteiger partial charge is 0.138 e. The second-order valence-electron chi connectivity index (χ2n) is 6.04. The van der Waals surface area contributed by atoms with Crippen molar-refractivity contribution in [3.05, 3.63) is 60.9 Å². The fraction of sp³-hybridized carbons (Fsp3) is 0. The minimum Gasteiger partial charge on any atom is -0.506 e. The molecular formula is C20H14N4O. The number of aromatic hydroxyl groups is 1. The topological polar surface area (TPSA) is 87.8 Å². The Balaban J connectivity index is 1.92. The molecule has 0 aliphatic rings. The van der Waals surface area contributed by atoms with Gasteiger partial charge < -0.3 is 15.8 Å². The minimum atomic E-state index is 0.0872. The first-order chi connectivity index (χ1) is 12.2. The number of phenols is 1. The molecule has 0 bridgehead atoms. The molecule has 5 rings (SSSR count). The number of phenolic OH excluding ortho intramolecular Hbond substituents is 1. The van der Waals surface area contributed by atoms with E-state index in [1.54, 1.807) is 24.5 Å². The van der Waals surface area contributed by atoms with Gasteiger partial charge in [0.1, 0.15) is 5.75 Å². The Morgan fingerprint density at radius 2 is 1.56 bits per heavy atom. The van der Waals surface area contributed by atoms with Gasteiger partial charge in [0.2, 0.25) is 0 Å². The van der Waals surface area contributed by atoms with Gasteiger partial charge in [0.25, 0.3) is 0 Å². The van der Waals surface area contributed by atoms with Crippen molar-refractivity contribution in [2.24, 2.45) is 0 Å². The van der Waals surface area contributed by atoms with Gasteiger partial charge in [0.05, 0.1) is 22.2 Å². The molecule has 0 spiro atoms. The normalized spacial score (nSPS) is 11.5. The summed E-state index contributed by atoms with van der Waals surface area (Å²) >= 11 is 0. The minimum absolute atomic E-state index is 0.0872. The van der Waals surface area contributed by atoms with Crippen molar-refractivity contribution in [2.75, 3.05) is 5.73 Å². The van der Waals surface area contributed by atoms with E-state index in [1.165, 1.54) is 0 Å². The van der Waals surface area contributed by atoms with Crippen molar-refractivity contribution in [3.8, 4) is 17.0 Å². The molecule has 0 saturated heterocycles. The van der Waals surface area contributed by atoms with Gasteiger partial charge in [-0.25, -0.2) is 0 Å². The van der Waals surface area contributed by atoms with Crippen LogP contribution < -0.4 is 5.73 Å². The first-order valence-electron chi connectivity index (χ1n) is 7.95. The number of aromatic amines is 1. The Morgan fingerprint density at radius 3 is 2.32 bits per heavy atom. The molecule has 5 heteroatoms. The summed E-state index contributed by atoms with van der Waals surface area (Å²) in [6, 6.07) is 15.3. The molecule has 5 aromatic rings. The first-order valence-corrected chi connectivity index (χ1v) is 7.95. The van der Waals surface area contributed by atoms with Crippen molar-refractivity contribution in [3.63, 3.8) is 0 Å². The highest BCUT2D eigenvalue weighted by molar-refractivity contribution is 6.22. The summed E-state index contributed by atoms with van der Waals surface area (Å²) < 4.78 is 0. The number of nitrogen functional groups attached to an aromatic ring is 1. The summed E-state index contributed by atoms with van der Waals surface area (Å²) in [5, 5.41) is 12.8. The molecule has 0 aliphatic carbocycles. The van der Waals surface area contributed by atoms with Crippen LogP contribution in [0.25, 0.3) is 44.0 Å². The number of aromatic nitrogens is 3. The number of pyridine rings is 2. The van der Waals surface area contributed by atoms with Crippen molar-refractivity contribution in [1.29, 1.82) is 0 Å². The Morgan fingerprint density at radius 1 is 0.840 bits per heavy atom. The largest absolute Gasteiger partial charge is 0.506 e. The second-order valence-corrected chi connectivity index (χ2v) is 6.04. The number of nitrogens with one attached hydrogen (secondary N) is 1. The Labute approximate surface area is 142 Å². The van der Waals surface area contributed by atoms with E-state index in [4.69, 9.17) is 5.73 Å². The number of H-pyrrole nitrogens is 1. The summed E-state index contributed by atoms with van der Waals surface area (Å²) in [6.07, 6.45) is 3.57. The molecule has 0 aliphatic heterocycles. The van der Waals surface area contributed by atoms with Crippen LogP contribution in [0.2, 0.25) is 0 Å². The Kier molecular flexibility index (Phi) is 2.73. The van der Waals surface area contributed by atoms with Crippen LogP contribution in [0.3, 0.4) is 0 Å². The fourth-order valence-electron chi connectivity index (χ4n) is 3.36. The maximum atomic E-state index is 9.66. The number of anilines is 1. The van der Waals surface area contributed by atoms with Gasteiger partial charge in [-0.15, -0.1) is 0 Å². The van der Waals surface area contributed by atoms with Crippen molar-refractivity contribution >= 4 is 38.4 Å². The SMILES string of the molecule is Nc1cc(-c2cc3c4cccnc4c4ncccc4c3[nH]2)ccc1O. The standard InChI is InChI=1S/C20H14N4O/c21-15-9-11(5-6-17(15)25)16-10-14-12-3-1-7-22-19(12)20-13(18(14)24-16)4-2-8-23-20/h1-10,24-25H,21H2. The molecule has 0 radical (unpaired) electrons. The number of benzene rings is 2. The highest BCUT2D eigenvalue weighted by Gasteiger charge is 2.13. The number of hydrogen-bond acceptors (Lipinski definition) is 4. The monoisotopic (exact) mass is 326 g/mol. The molecule has 3 aromatic heterocycles. The van der Waals surface area contributed by atoms with Crippen LogP contribution in [0.15, 0.2) is 60.9 Å². The molecule has 25 heavy (non-hydrogen) atoms. The summed E-state index contributed by atoms with van der Waals surface area (Å²) in [6.45, 7) is 0. The molecule has 2 aromatic carbocycles. The maximum absolute atomic E-state index is 9.66. The molecular weight excluding hydrogens is 312 g/mol. The van der Waals surface area contributed by atoms with Crippen molar-refractivity contribution < 1.29 is 5.11 Å². The van der Waals surface area contributed by atoms with Gasteiger partial charge in [-0.3, -0.25) is 9.97 Å². The fourth-order valence-corrected chi connectivity index (χ4v) is 3.36. The second kappa shape index (κ2) is 4.95. The third-order valence-corrected chi connectivity index (χ3v) is 4.56. The van der Waals surface area contributed by atoms with E-state index in [9.17, 15) is 5.11 Å². The van der Waals surface area contributed by atoms with Gasteiger partial charge in [0, 0.05) is 39.8 Å². The third kappa shape index (κ3) is 1.96. The third-order valence-electron chi connectivity index (χ3n) is 4.56. The molecule has 0 saturated carbocycles. The van der Waals surface area contributed by atoms with E-state index in [-0.39, 0.29) is 5.75 Å². The summed E-state index contributed by atoms with van der Waals surface area (Å²) in [7, 11) is 0. The van der Waals surface area contributed by atoms with E-state index in [0.717, 1.165) is 44.0 Å². The van der Waals surface area contributed by atoms with Crippen LogP contribution in [0.4, 0.5) is 5.69 Å². The lowest BCUT2D eigenvalue weighted by atomic mass is 10.1. The van der Waals surface area contributed by atoms with Crippen LogP contribution in [0.1, 0.15) is 0 Å². The van der Waals surface area contributed by atoms with Crippen LogP contribution in [-0.4, -0.2) is 20.1 Å². The quantitative estimate of drug-likeness (QED) is 0.244. The predicted molar refractivity (Wildman–Crippen MR) is 100 cm³/mol.